The Morgan fingerprint density at radius 1 is 1.24 bits per heavy atom. The molecular weight excluding hydrogens is 316 g/mol. The van der Waals surface area contributed by atoms with Gasteiger partial charge in [-0.25, -0.2) is 9.97 Å². The van der Waals surface area contributed by atoms with Gasteiger partial charge in [-0.15, -0.1) is 0 Å². The molecule has 0 aliphatic carbocycles. The van der Waals surface area contributed by atoms with Gasteiger partial charge in [-0.1, -0.05) is 0 Å². The molecule has 2 aliphatic heterocycles. The van der Waals surface area contributed by atoms with E-state index in [-0.39, 0.29) is 5.91 Å². The summed E-state index contributed by atoms with van der Waals surface area (Å²) in [7, 11) is 0. The van der Waals surface area contributed by atoms with Crippen LogP contribution in [0.15, 0.2) is 35.0 Å². The predicted molar refractivity (Wildman–Crippen MR) is 94.2 cm³/mol. The van der Waals surface area contributed by atoms with E-state index in [1.165, 1.54) is 0 Å². The molecule has 0 unspecified atom stereocenters. The van der Waals surface area contributed by atoms with Crippen molar-refractivity contribution in [2.24, 2.45) is 5.92 Å². The van der Waals surface area contributed by atoms with Gasteiger partial charge in [-0.05, 0) is 43.9 Å². The topological polar surface area (TPSA) is 62.5 Å². The Kier molecular flexibility index (Phi) is 4.42. The molecule has 2 saturated heterocycles. The number of aromatic nitrogens is 2. The first-order valence-electron chi connectivity index (χ1n) is 9.07. The molecule has 6 nitrogen and oxygen atoms in total. The number of carbonyl (C=O) groups is 1. The molecule has 2 aromatic heterocycles. The van der Waals surface area contributed by atoms with Crippen LogP contribution in [0, 0.1) is 12.8 Å². The number of fused-ring (bicyclic) bond motifs is 1. The number of anilines is 1. The fourth-order valence-corrected chi connectivity index (χ4v) is 4.13. The first-order chi connectivity index (χ1) is 12.2. The minimum Gasteiger partial charge on any atom is -0.466 e. The highest BCUT2D eigenvalue weighted by molar-refractivity contribution is 5.77. The monoisotopic (exact) mass is 340 g/mol. The Morgan fingerprint density at radius 2 is 2.08 bits per heavy atom. The minimum absolute atomic E-state index is 0.286. The van der Waals surface area contributed by atoms with Crippen LogP contribution >= 0.6 is 0 Å². The fraction of sp³-hybridized carbons (Fsp3) is 0.526. The van der Waals surface area contributed by atoms with Crippen molar-refractivity contribution in [1.82, 2.24) is 14.9 Å². The largest absolute Gasteiger partial charge is 0.466 e. The summed E-state index contributed by atoms with van der Waals surface area (Å²) in [5.41, 5.74) is 0. The number of hydrogen-bond donors (Lipinski definition) is 0. The molecule has 0 saturated carbocycles. The van der Waals surface area contributed by atoms with Gasteiger partial charge in [0.2, 0.25) is 11.9 Å². The molecule has 0 N–H and O–H groups in total. The zero-order valence-corrected chi connectivity index (χ0v) is 14.6. The second-order valence-corrected chi connectivity index (χ2v) is 7.00. The molecular formula is C19H24N4O2. The van der Waals surface area contributed by atoms with E-state index in [1.54, 1.807) is 12.4 Å². The number of nitrogens with zero attached hydrogens (tertiary/aromatic N) is 4. The van der Waals surface area contributed by atoms with Crippen molar-refractivity contribution < 1.29 is 9.21 Å². The number of carbonyl (C=O) groups excluding carboxylic acids is 1. The lowest BCUT2D eigenvalue weighted by atomic mass is 9.83. The van der Waals surface area contributed by atoms with E-state index < -0.39 is 0 Å². The van der Waals surface area contributed by atoms with E-state index in [4.69, 9.17) is 4.42 Å². The molecule has 0 aromatic carbocycles. The van der Waals surface area contributed by atoms with Gasteiger partial charge in [0.15, 0.2) is 0 Å². The van der Waals surface area contributed by atoms with Crippen molar-refractivity contribution in [3.05, 3.63) is 42.1 Å². The van der Waals surface area contributed by atoms with Gasteiger partial charge < -0.3 is 14.2 Å². The zero-order valence-electron chi connectivity index (χ0n) is 14.6. The second-order valence-electron chi connectivity index (χ2n) is 7.00. The summed E-state index contributed by atoms with van der Waals surface area (Å²) < 4.78 is 5.66. The number of hydrogen-bond acceptors (Lipinski definition) is 5. The van der Waals surface area contributed by atoms with E-state index >= 15 is 0 Å². The molecule has 0 radical (unpaired) electrons. The Labute approximate surface area is 147 Å². The summed E-state index contributed by atoms with van der Waals surface area (Å²) in [5.74, 6) is 3.47. The van der Waals surface area contributed by atoms with Gasteiger partial charge in [0.25, 0.3) is 0 Å². The number of likely N-dealkylation sites (tertiary alicyclic amines) is 1. The molecule has 132 valence electrons. The van der Waals surface area contributed by atoms with Gasteiger partial charge in [-0.3, -0.25) is 4.79 Å². The number of aryl methyl sites for hydroxylation is 1. The lowest BCUT2D eigenvalue weighted by Gasteiger charge is -2.47. The van der Waals surface area contributed by atoms with E-state index in [1.807, 2.05) is 25.1 Å². The summed E-state index contributed by atoms with van der Waals surface area (Å²) in [4.78, 5) is 25.6. The normalized spacial score (nSPS) is 23.6. The average Bonchev–Trinajstić information content (AvgIpc) is 3.06. The van der Waals surface area contributed by atoms with Crippen LogP contribution in [0.4, 0.5) is 5.95 Å². The van der Waals surface area contributed by atoms with Crippen LogP contribution < -0.4 is 4.90 Å². The molecule has 4 heterocycles. The SMILES string of the molecule is Cc1ccc(CCN2C(=O)CC[C@H]3CN(c4ncccn4)CC[C@H]32)o1. The summed E-state index contributed by atoms with van der Waals surface area (Å²) in [5, 5.41) is 0. The maximum absolute atomic E-state index is 12.5. The van der Waals surface area contributed by atoms with E-state index in [0.29, 0.717) is 18.4 Å². The predicted octanol–water partition coefficient (Wildman–Crippen LogP) is 2.44. The van der Waals surface area contributed by atoms with Crippen LogP contribution in [-0.4, -0.2) is 46.5 Å². The van der Waals surface area contributed by atoms with E-state index in [9.17, 15) is 4.79 Å². The number of rotatable bonds is 4. The first-order valence-corrected chi connectivity index (χ1v) is 9.07. The van der Waals surface area contributed by atoms with Gasteiger partial charge >= 0.3 is 0 Å². The maximum Gasteiger partial charge on any atom is 0.225 e. The Bertz CT molecular complexity index is 730. The average molecular weight is 340 g/mol. The summed E-state index contributed by atoms with van der Waals surface area (Å²) in [6.45, 7) is 4.52. The van der Waals surface area contributed by atoms with Crippen LogP contribution in [0.25, 0.3) is 0 Å². The number of piperidine rings is 2. The van der Waals surface area contributed by atoms with Gasteiger partial charge in [-0.2, -0.15) is 0 Å². The molecule has 6 heteroatoms. The molecule has 0 bridgehead atoms. The number of amides is 1. The highest BCUT2D eigenvalue weighted by Crippen LogP contribution is 2.32. The van der Waals surface area contributed by atoms with Gasteiger partial charge in [0.1, 0.15) is 11.5 Å². The first kappa shape index (κ1) is 16.1. The Hall–Kier alpha value is -2.37. The van der Waals surface area contributed by atoms with Crippen molar-refractivity contribution >= 4 is 11.9 Å². The maximum atomic E-state index is 12.5. The number of furan rings is 1. The van der Waals surface area contributed by atoms with Crippen LogP contribution in [0.1, 0.15) is 30.8 Å². The van der Waals surface area contributed by atoms with Crippen molar-refractivity contribution in [3.8, 4) is 0 Å². The molecule has 2 aliphatic rings. The standard InChI is InChI=1S/C19H24N4O2/c1-14-3-5-16(25-14)7-12-23-17-8-11-22(19-20-9-2-10-21-19)13-15(17)4-6-18(23)24/h2-3,5,9-10,15,17H,4,6-8,11-13H2,1H3/t15-,17+/m0/s1. The van der Waals surface area contributed by atoms with Crippen molar-refractivity contribution in [3.63, 3.8) is 0 Å². The molecule has 4 rings (SSSR count). The molecule has 25 heavy (non-hydrogen) atoms. The smallest absolute Gasteiger partial charge is 0.225 e. The highest BCUT2D eigenvalue weighted by Gasteiger charge is 2.39. The van der Waals surface area contributed by atoms with E-state index in [0.717, 1.165) is 56.4 Å². The summed E-state index contributed by atoms with van der Waals surface area (Å²) in [6, 6.07) is 6.16. The van der Waals surface area contributed by atoms with Crippen LogP contribution in [-0.2, 0) is 11.2 Å². The molecule has 2 aromatic rings. The van der Waals surface area contributed by atoms with Gasteiger partial charge in [0, 0.05) is 50.9 Å². The van der Waals surface area contributed by atoms with Gasteiger partial charge in [0.05, 0.1) is 0 Å². The van der Waals surface area contributed by atoms with E-state index in [2.05, 4.69) is 19.8 Å². The third-order valence-corrected chi connectivity index (χ3v) is 5.37. The molecule has 2 fully saturated rings. The lowest BCUT2D eigenvalue weighted by molar-refractivity contribution is -0.139. The molecule has 2 atom stereocenters. The highest BCUT2D eigenvalue weighted by atomic mass is 16.3. The van der Waals surface area contributed by atoms with Crippen LogP contribution in [0.3, 0.4) is 0 Å². The summed E-state index contributed by atoms with van der Waals surface area (Å²) >= 11 is 0. The van der Waals surface area contributed by atoms with Crippen molar-refractivity contribution in [2.75, 3.05) is 24.5 Å². The molecule has 1 amide bonds. The second kappa shape index (κ2) is 6.86. The van der Waals surface area contributed by atoms with Crippen molar-refractivity contribution in [2.45, 2.75) is 38.6 Å². The Balaban J connectivity index is 1.42. The Morgan fingerprint density at radius 3 is 2.84 bits per heavy atom. The molecule has 0 spiro atoms. The quantitative estimate of drug-likeness (QED) is 0.855. The zero-order chi connectivity index (χ0) is 17.2. The van der Waals surface area contributed by atoms with Crippen LogP contribution in [0.5, 0.6) is 0 Å². The third kappa shape index (κ3) is 3.38. The van der Waals surface area contributed by atoms with Crippen molar-refractivity contribution in [1.29, 1.82) is 0 Å². The summed E-state index contributed by atoms with van der Waals surface area (Å²) in [6.07, 6.45) is 6.94. The van der Waals surface area contributed by atoms with Crippen LogP contribution in [0.2, 0.25) is 0 Å². The lowest BCUT2D eigenvalue weighted by Crippen LogP contribution is -2.56. The third-order valence-electron chi connectivity index (χ3n) is 5.37. The minimum atomic E-state index is 0.286. The fourth-order valence-electron chi connectivity index (χ4n) is 4.13.